The molecular formula is C16H16ClNO2. The van der Waals surface area contributed by atoms with E-state index in [2.05, 4.69) is 5.32 Å². The predicted octanol–water partition coefficient (Wildman–Crippen LogP) is 3.46. The van der Waals surface area contributed by atoms with Crippen LogP contribution in [0.3, 0.4) is 0 Å². The highest BCUT2D eigenvalue weighted by molar-refractivity contribution is 6.32. The van der Waals surface area contributed by atoms with E-state index >= 15 is 0 Å². The van der Waals surface area contributed by atoms with E-state index in [-0.39, 0.29) is 5.91 Å². The van der Waals surface area contributed by atoms with E-state index in [0.29, 0.717) is 29.5 Å². The number of aryl methyl sites for hydroxylation is 1. The Morgan fingerprint density at radius 1 is 1.15 bits per heavy atom. The molecule has 104 valence electrons. The normalized spacial score (nSPS) is 10.1. The third-order valence-corrected chi connectivity index (χ3v) is 3.18. The fourth-order valence-electron chi connectivity index (χ4n) is 1.81. The molecule has 2 aromatic rings. The van der Waals surface area contributed by atoms with Gasteiger partial charge in [0.15, 0.2) is 0 Å². The number of ether oxygens (including phenoxy) is 1. The van der Waals surface area contributed by atoms with Gasteiger partial charge in [0.25, 0.3) is 5.91 Å². The number of amides is 1. The molecule has 0 spiro atoms. The summed E-state index contributed by atoms with van der Waals surface area (Å²) in [7, 11) is 0. The molecule has 1 amide bonds. The number of para-hydroxylation sites is 1. The molecule has 4 heteroatoms. The molecule has 1 N–H and O–H groups in total. The molecule has 0 saturated heterocycles. The molecule has 2 rings (SSSR count). The Hall–Kier alpha value is -2.00. The molecular weight excluding hydrogens is 274 g/mol. The van der Waals surface area contributed by atoms with Gasteiger partial charge in [-0.25, -0.2) is 0 Å². The van der Waals surface area contributed by atoms with E-state index in [0.717, 1.165) is 5.56 Å². The zero-order valence-electron chi connectivity index (χ0n) is 11.2. The molecule has 0 aromatic heterocycles. The molecule has 20 heavy (non-hydrogen) atoms. The van der Waals surface area contributed by atoms with E-state index in [1.165, 1.54) is 0 Å². The first-order chi connectivity index (χ1) is 9.68. The highest BCUT2D eigenvalue weighted by Crippen LogP contribution is 2.22. The van der Waals surface area contributed by atoms with Crippen LogP contribution >= 0.6 is 11.6 Å². The summed E-state index contributed by atoms with van der Waals surface area (Å²) in [6.07, 6.45) is 0. The number of hydrogen-bond acceptors (Lipinski definition) is 2. The Balaban J connectivity index is 1.81. The molecule has 0 aliphatic heterocycles. The van der Waals surface area contributed by atoms with Crippen LogP contribution in [0, 0.1) is 6.92 Å². The molecule has 0 unspecified atom stereocenters. The zero-order chi connectivity index (χ0) is 14.4. The number of halogens is 1. The van der Waals surface area contributed by atoms with Crippen LogP contribution in [0.15, 0.2) is 48.5 Å². The Labute approximate surface area is 123 Å². The van der Waals surface area contributed by atoms with Gasteiger partial charge in [-0.2, -0.15) is 0 Å². The van der Waals surface area contributed by atoms with Crippen molar-refractivity contribution in [1.82, 2.24) is 5.32 Å². The Morgan fingerprint density at radius 3 is 2.60 bits per heavy atom. The number of rotatable bonds is 5. The molecule has 0 aliphatic rings. The molecule has 2 aromatic carbocycles. The Morgan fingerprint density at radius 2 is 1.85 bits per heavy atom. The number of hydrogen-bond donors (Lipinski definition) is 1. The van der Waals surface area contributed by atoms with Gasteiger partial charge in [-0.3, -0.25) is 4.79 Å². The standard InChI is InChI=1S/C16H16ClNO2/c1-12-6-2-3-7-13(12)16(19)18-10-11-20-15-9-5-4-8-14(15)17/h2-9H,10-11H2,1H3,(H,18,19). The molecule has 0 atom stereocenters. The third kappa shape index (κ3) is 3.75. The molecule has 0 radical (unpaired) electrons. The van der Waals surface area contributed by atoms with Crippen molar-refractivity contribution < 1.29 is 9.53 Å². The average Bonchev–Trinajstić information content (AvgIpc) is 2.45. The number of carbonyl (C=O) groups is 1. The van der Waals surface area contributed by atoms with Crippen molar-refractivity contribution in [1.29, 1.82) is 0 Å². The third-order valence-electron chi connectivity index (χ3n) is 2.87. The molecule has 0 heterocycles. The number of nitrogens with one attached hydrogen (secondary N) is 1. The van der Waals surface area contributed by atoms with Crippen LogP contribution in [0.2, 0.25) is 5.02 Å². The minimum atomic E-state index is -0.0918. The largest absolute Gasteiger partial charge is 0.490 e. The fourth-order valence-corrected chi connectivity index (χ4v) is 2.00. The zero-order valence-corrected chi connectivity index (χ0v) is 12.0. The van der Waals surface area contributed by atoms with Crippen molar-refractivity contribution in [2.24, 2.45) is 0 Å². The quantitative estimate of drug-likeness (QED) is 0.856. The summed E-state index contributed by atoms with van der Waals surface area (Å²) in [6.45, 7) is 2.72. The smallest absolute Gasteiger partial charge is 0.251 e. The minimum Gasteiger partial charge on any atom is -0.490 e. The van der Waals surface area contributed by atoms with Crippen LogP contribution in [-0.4, -0.2) is 19.1 Å². The van der Waals surface area contributed by atoms with Gasteiger partial charge >= 0.3 is 0 Å². The van der Waals surface area contributed by atoms with E-state index < -0.39 is 0 Å². The summed E-state index contributed by atoms with van der Waals surface area (Å²) in [5, 5.41) is 3.39. The van der Waals surface area contributed by atoms with Crippen molar-refractivity contribution in [2.45, 2.75) is 6.92 Å². The van der Waals surface area contributed by atoms with Crippen molar-refractivity contribution in [3.8, 4) is 5.75 Å². The SMILES string of the molecule is Cc1ccccc1C(=O)NCCOc1ccccc1Cl. The van der Waals surface area contributed by atoms with Crippen LogP contribution in [0.25, 0.3) is 0 Å². The maximum atomic E-state index is 12.0. The summed E-state index contributed by atoms with van der Waals surface area (Å²) in [5.74, 6) is 0.533. The first kappa shape index (κ1) is 14.4. The van der Waals surface area contributed by atoms with Crippen LogP contribution < -0.4 is 10.1 Å². The van der Waals surface area contributed by atoms with Gasteiger partial charge in [0.1, 0.15) is 12.4 Å². The number of carbonyl (C=O) groups excluding carboxylic acids is 1. The average molecular weight is 290 g/mol. The molecule has 0 saturated carbocycles. The fraction of sp³-hybridized carbons (Fsp3) is 0.188. The maximum Gasteiger partial charge on any atom is 0.251 e. The van der Waals surface area contributed by atoms with Crippen LogP contribution in [0.1, 0.15) is 15.9 Å². The van der Waals surface area contributed by atoms with Crippen LogP contribution in [0.5, 0.6) is 5.75 Å². The van der Waals surface area contributed by atoms with Gasteiger partial charge in [0.05, 0.1) is 11.6 Å². The van der Waals surface area contributed by atoms with Gasteiger partial charge in [-0.15, -0.1) is 0 Å². The Kier molecular flexibility index (Phi) is 5.02. The lowest BCUT2D eigenvalue weighted by atomic mass is 10.1. The lowest BCUT2D eigenvalue weighted by molar-refractivity contribution is 0.0946. The number of benzene rings is 2. The second-order valence-electron chi connectivity index (χ2n) is 4.35. The van der Waals surface area contributed by atoms with Gasteiger partial charge in [0, 0.05) is 5.56 Å². The van der Waals surface area contributed by atoms with Crippen LogP contribution in [0.4, 0.5) is 0 Å². The van der Waals surface area contributed by atoms with Crippen molar-refractivity contribution in [3.63, 3.8) is 0 Å². The van der Waals surface area contributed by atoms with Crippen molar-refractivity contribution in [3.05, 3.63) is 64.7 Å². The monoisotopic (exact) mass is 289 g/mol. The topological polar surface area (TPSA) is 38.3 Å². The highest BCUT2D eigenvalue weighted by atomic mass is 35.5. The van der Waals surface area contributed by atoms with Crippen LogP contribution in [-0.2, 0) is 0 Å². The van der Waals surface area contributed by atoms with Crippen molar-refractivity contribution >= 4 is 17.5 Å². The van der Waals surface area contributed by atoms with Crippen molar-refractivity contribution in [2.75, 3.05) is 13.2 Å². The summed E-state index contributed by atoms with van der Waals surface area (Å²) in [4.78, 5) is 12.0. The summed E-state index contributed by atoms with van der Waals surface area (Å²) < 4.78 is 5.51. The summed E-state index contributed by atoms with van der Waals surface area (Å²) in [5.41, 5.74) is 1.64. The lowest BCUT2D eigenvalue weighted by Gasteiger charge is -2.09. The van der Waals surface area contributed by atoms with E-state index in [1.807, 2.05) is 37.3 Å². The van der Waals surface area contributed by atoms with E-state index in [9.17, 15) is 4.79 Å². The molecule has 0 bridgehead atoms. The van der Waals surface area contributed by atoms with E-state index in [4.69, 9.17) is 16.3 Å². The van der Waals surface area contributed by atoms with Gasteiger partial charge in [-0.05, 0) is 30.7 Å². The second-order valence-corrected chi connectivity index (χ2v) is 4.76. The maximum absolute atomic E-state index is 12.0. The summed E-state index contributed by atoms with van der Waals surface area (Å²) >= 11 is 5.97. The van der Waals surface area contributed by atoms with Gasteiger partial charge in [0.2, 0.25) is 0 Å². The Bertz CT molecular complexity index is 599. The van der Waals surface area contributed by atoms with Gasteiger partial charge < -0.3 is 10.1 Å². The molecule has 0 aliphatic carbocycles. The van der Waals surface area contributed by atoms with Gasteiger partial charge in [-0.1, -0.05) is 41.9 Å². The minimum absolute atomic E-state index is 0.0918. The summed E-state index contributed by atoms with van der Waals surface area (Å²) in [6, 6.07) is 14.7. The van der Waals surface area contributed by atoms with E-state index in [1.54, 1.807) is 18.2 Å². The second kappa shape index (κ2) is 6.96. The molecule has 3 nitrogen and oxygen atoms in total. The predicted molar refractivity (Wildman–Crippen MR) is 80.5 cm³/mol. The lowest BCUT2D eigenvalue weighted by Crippen LogP contribution is -2.28. The molecule has 0 fully saturated rings. The first-order valence-corrected chi connectivity index (χ1v) is 6.77. The first-order valence-electron chi connectivity index (χ1n) is 6.39. The highest BCUT2D eigenvalue weighted by Gasteiger charge is 2.07.